The maximum atomic E-state index is 13.7. The van der Waals surface area contributed by atoms with E-state index in [4.69, 9.17) is 0 Å². The van der Waals surface area contributed by atoms with Crippen molar-refractivity contribution in [3.63, 3.8) is 0 Å². The van der Waals surface area contributed by atoms with E-state index in [0.29, 0.717) is 24.9 Å². The molecule has 1 saturated carbocycles. The highest BCUT2D eigenvalue weighted by Crippen LogP contribution is 2.33. The molecule has 1 heterocycles. The summed E-state index contributed by atoms with van der Waals surface area (Å²) in [6, 6.07) is 14.7. The van der Waals surface area contributed by atoms with Crippen molar-refractivity contribution in [3.05, 3.63) is 100 Å². The summed E-state index contributed by atoms with van der Waals surface area (Å²) in [5.74, 6) is -0.330. The van der Waals surface area contributed by atoms with Crippen LogP contribution in [0, 0.1) is 10.1 Å². The van der Waals surface area contributed by atoms with Crippen molar-refractivity contribution in [2.45, 2.75) is 57.2 Å². The van der Waals surface area contributed by atoms with Gasteiger partial charge in [-0.2, -0.15) is 0 Å². The Morgan fingerprint density at radius 3 is 2.43 bits per heavy atom. The maximum Gasteiger partial charge on any atom is 0.269 e. The molecule has 2 amide bonds. The lowest BCUT2D eigenvalue weighted by Gasteiger charge is -2.36. The van der Waals surface area contributed by atoms with E-state index < -0.39 is 11.0 Å². The molecule has 1 unspecified atom stereocenters. The molecule has 4 rings (SSSR count). The van der Waals surface area contributed by atoms with Crippen molar-refractivity contribution in [1.82, 2.24) is 15.1 Å². The first-order valence-corrected chi connectivity index (χ1v) is 13.0. The number of nitrogens with one attached hydrogen (secondary N) is 1. The van der Waals surface area contributed by atoms with Gasteiger partial charge >= 0.3 is 0 Å². The molecule has 2 aliphatic rings. The SMILES string of the molecule is O=C(NCc1ccccc1)C(c1ccc([N+](=O)[O-])cc1)N(C(=O)CCCN1C=CC=CC1)C1CCCC1. The van der Waals surface area contributed by atoms with Crippen molar-refractivity contribution in [2.24, 2.45) is 0 Å². The third-order valence-corrected chi connectivity index (χ3v) is 6.98. The van der Waals surface area contributed by atoms with Crippen LogP contribution in [0.15, 0.2) is 79.0 Å². The molecule has 0 saturated heterocycles. The highest BCUT2D eigenvalue weighted by molar-refractivity contribution is 5.89. The van der Waals surface area contributed by atoms with Crippen LogP contribution in [0.2, 0.25) is 0 Å². The minimum Gasteiger partial charge on any atom is -0.374 e. The Hall–Kier alpha value is -3.94. The number of benzene rings is 2. The van der Waals surface area contributed by atoms with E-state index in [1.807, 2.05) is 48.7 Å². The van der Waals surface area contributed by atoms with Gasteiger partial charge in [-0.15, -0.1) is 0 Å². The lowest BCUT2D eigenvalue weighted by molar-refractivity contribution is -0.384. The van der Waals surface area contributed by atoms with Crippen LogP contribution in [-0.4, -0.2) is 45.7 Å². The lowest BCUT2D eigenvalue weighted by atomic mass is 9.99. The minimum atomic E-state index is -0.849. The number of amides is 2. The summed E-state index contributed by atoms with van der Waals surface area (Å²) in [4.78, 5) is 42.1. The number of hydrogen-bond acceptors (Lipinski definition) is 5. The zero-order valence-corrected chi connectivity index (χ0v) is 21.0. The van der Waals surface area contributed by atoms with Crippen molar-refractivity contribution >= 4 is 17.5 Å². The van der Waals surface area contributed by atoms with Gasteiger partial charge in [0.1, 0.15) is 6.04 Å². The summed E-state index contributed by atoms with van der Waals surface area (Å²) in [7, 11) is 0. The summed E-state index contributed by atoms with van der Waals surface area (Å²) in [6.07, 6.45) is 12.8. The molecule has 8 nitrogen and oxygen atoms in total. The maximum absolute atomic E-state index is 13.7. The summed E-state index contributed by atoms with van der Waals surface area (Å²) in [6.45, 7) is 1.92. The van der Waals surface area contributed by atoms with Crippen molar-refractivity contribution < 1.29 is 14.5 Å². The number of carbonyl (C=O) groups is 2. The largest absolute Gasteiger partial charge is 0.374 e. The van der Waals surface area contributed by atoms with E-state index in [0.717, 1.165) is 44.3 Å². The van der Waals surface area contributed by atoms with E-state index in [-0.39, 0.29) is 23.5 Å². The van der Waals surface area contributed by atoms with Crippen LogP contribution in [-0.2, 0) is 16.1 Å². The van der Waals surface area contributed by atoms with Gasteiger partial charge in [0.25, 0.3) is 5.69 Å². The summed E-state index contributed by atoms with van der Waals surface area (Å²) < 4.78 is 0. The van der Waals surface area contributed by atoms with Crippen LogP contribution in [0.5, 0.6) is 0 Å². The van der Waals surface area contributed by atoms with Crippen molar-refractivity contribution in [1.29, 1.82) is 0 Å². The number of hydrogen-bond donors (Lipinski definition) is 1. The molecule has 0 radical (unpaired) electrons. The van der Waals surface area contributed by atoms with Gasteiger partial charge in [-0.3, -0.25) is 19.7 Å². The van der Waals surface area contributed by atoms with E-state index in [2.05, 4.69) is 16.3 Å². The Balaban J connectivity index is 1.56. The van der Waals surface area contributed by atoms with Crippen LogP contribution in [0.1, 0.15) is 55.7 Å². The molecule has 0 aromatic heterocycles. The van der Waals surface area contributed by atoms with Crippen LogP contribution in [0.4, 0.5) is 5.69 Å². The van der Waals surface area contributed by atoms with E-state index in [1.54, 1.807) is 17.0 Å². The van der Waals surface area contributed by atoms with Gasteiger partial charge in [0.2, 0.25) is 11.8 Å². The Labute approximate surface area is 217 Å². The average Bonchev–Trinajstić information content (AvgIpc) is 3.46. The molecule has 1 N–H and O–H groups in total. The smallest absolute Gasteiger partial charge is 0.269 e. The van der Waals surface area contributed by atoms with E-state index >= 15 is 0 Å². The molecule has 2 aromatic carbocycles. The normalized spacial score (nSPS) is 15.9. The van der Waals surface area contributed by atoms with Crippen LogP contribution in [0.3, 0.4) is 0 Å². The standard InChI is InChI=1S/C29H34N4O4/c34-27(14-9-21-31-19-7-2-8-20-31)32(25-12-5-6-13-25)28(24-15-17-26(18-16-24)33(36)37)29(35)30-22-23-10-3-1-4-11-23/h1-4,7-8,10-11,15-19,25,28H,5-6,9,12-14,20-22H2,(H,30,35). The molecule has 1 aliphatic carbocycles. The lowest BCUT2D eigenvalue weighted by Crippen LogP contribution is -2.48. The van der Waals surface area contributed by atoms with Gasteiger partial charge < -0.3 is 15.1 Å². The third-order valence-electron chi connectivity index (χ3n) is 6.98. The van der Waals surface area contributed by atoms with Crippen molar-refractivity contribution in [3.8, 4) is 0 Å². The number of nitro benzene ring substituents is 1. The van der Waals surface area contributed by atoms with Crippen LogP contribution >= 0.6 is 0 Å². The Bertz CT molecular complexity index is 1120. The fraction of sp³-hybridized carbons (Fsp3) is 0.379. The van der Waals surface area contributed by atoms with Crippen LogP contribution < -0.4 is 5.32 Å². The number of rotatable bonds is 11. The number of non-ortho nitro benzene ring substituents is 1. The van der Waals surface area contributed by atoms with Gasteiger partial charge in [-0.05, 0) is 54.8 Å². The highest BCUT2D eigenvalue weighted by atomic mass is 16.6. The zero-order chi connectivity index (χ0) is 26.0. The molecule has 1 fully saturated rings. The molecule has 0 spiro atoms. The second-order valence-corrected chi connectivity index (χ2v) is 9.56. The number of nitro groups is 1. The van der Waals surface area contributed by atoms with Gasteiger partial charge in [-0.25, -0.2) is 0 Å². The van der Waals surface area contributed by atoms with Crippen LogP contribution in [0.25, 0.3) is 0 Å². The topological polar surface area (TPSA) is 95.8 Å². The van der Waals surface area contributed by atoms with E-state index in [9.17, 15) is 19.7 Å². The van der Waals surface area contributed by atoms with Gasteiger partial charge in [-0.1, -0.05) is 55.3 Å². The molecular weight excluding hydrogens is 468 g/mol. The molecule has 1 aliphatic heterocycles. The predicted octanol–water partition coefficient (Wildman–Crippen LogP) is 4.89. The van der Waals surface area contributed by atoms with Crippen molar-refractivity contribution in [2.75, 3.05) is 13.1 Å². The second-order valence-electron chi connectivity index (χ2n) is 9.56. The fourth-order valence-corrected chi connectivity index (χ4v) is 5.07. The molecular formula is C29H34N4O4. The van der Waals surface area contributed by atoms with Gasteiger partial charge in [0.05, 0.1) is 4.92 Å². The first-order chi connectivity index (χ1) is 18.0. The Kier molecular flexibility index (Phi) is 9.08. The number of nitrogens with zero attached hydrogens (tertiary/aromatic N) is 3. The predicted molar refractivity (Wildman–Crippen MR) is 142 cm³/mol. The van der Waals surface area contributed by atoms with Gasteiger partial charge in [0.15, 0.2) is 0 Å². The molecule has 194 valence electrons. The second kappa shape index (κ2) is 12.9. The first kappa shape index (κ1) is 26.1. The third kappa shape index (κ3) is 7.06. The summed E-state index contributed by atoms with van der Waals surface area (Å²) in [5, 5.41) is 14.2. The molecule has 1 atom stereocenters. The quantitative estimate of drug-likeness (QED) is 0.349. The Morgan fingerprint density at radius 2 is 1.78 bits per heavy atom. The zero-order valence-electron chi connectivity index (χ0n) is 21.0. The minimum absolute atomic E-state index is 0.0343. The average molecular weight is 503 g/mol. The molecule has 2 aromatic rings. The number of allylic oxidation sites excluding steroid dienone is 2. The Morgan fingerprint density at radius 1 is 1.05 bits per heavy atom. The first-order valence-electron chi connectivity index (χ1n) is 13.0. The highest BCUT2D eigenvalue weighted by Gasteiger charge is 2.37. The van der Waals surface area contributed by atoms with E-state index in [1.165, 1.54) is 12.1 Å². The monoisotopic (exact) mass is 502 g/mol. The summed E-state index contributed by atoms with van der Waals surface area (Å²) in [5.41, 5.74) is 1.50. The number of carbonyl (C=O) groups excluding carboxylic acids is 2. The van der Waals surface area contributed by atoms with Gasteiger partial charge in [0, 0.05) is 44.2 Å². The molecule has 0 bridgehead atoms. The molecule has 37 heavy (non-hydrogen) atoms. The summed E-state index contributed by atoms with van der Waals surface area (Å²) >= 11 is 0. The fourth-order valence-electron chi connectivity index (χ4n) is 5.07. The molecule has 8 heteroatoms.